The van der Waals surface area contributed by atoms with Gasteiger partial charge in [-0.2, -0.15) is 0 Å². The maximum atomic E-state index is 12.2. The van der Waals surface area contributed by atoms with Crippen molar-refractivity contribution in [1.29, 1.82) is 0 Å². The number of aliphatic imine (C=N–C) groups is 1. The maximum Gasteiger partial charge on any atom is 0.191 e. The highest BCUT2D eigenvalue weighted by molar-refractivity contribution is 14.0. The van der Waals surface area contributed by atoms with Gasteiger partial charge in [-0.15, -0.1) is 24.0 Å². The zero-order chi connectivity index (χ0) is 19.2. The quantitative estimate of drug-likeness (QED) is 0.311. The molecule has 160 valence electrons. The first kappa shape index (κ1) is 24.9. The number of likely N-dealkylation sites (tertiary alicyclic amines) is 1. The van der Waals surface area contributed by atoms with Crippen LogP contribution in [0.25, 0.3) is 0 Å². The lowest BCUT2D eigenvalue weighted by Gasteiger charge is -2.21. The molecule has 1 aliphatic carbocycles. The number of rotatable bonds is 7. The second kappa shape index (κ2) is 11.2. The van der Waals surface area contributed by atoms with Gasteiger partial charge in [-0.05, 0) is 52.9 Å². The number of nitrogens with zero attached hydrogens (tertiary/aromatic N) is 2. The summed E-state index contributed by atoms with van der Waals surface area (Å²) in [6.45, 7) is 11.8. The Morgan fingerprint density at radius 1 is 1.19 bits per heavy atom. The fourth-order valence-electron chi connectivity index (χ4n) is 3.77. The Labute approximate surface area is 183 Å². The predicted octanol–water partition coefficient (Wildman–Crippen LogP) is 2.64. The zero-order valence-electron chi connectivity index (χ0n) is 17.5. The molecular weight excluding hydrogens is 475 g/mol. The van der Waals surface area contributed by atoms with Crippen molar-refractivity contribution in [2.45, 2.75) is 70.6 Å². The molecule has 0 amide bonds. The Morgan fingerprint density at radius 3 is 2.44 bits per heavy atom. The Morgan fingerprint density at radius 2 is 1.85 bits per heavy atom. The third kappa shape index (κ3) is 8.04. The molecule has 1 saturated carbocycles. The Balaban J connectivity index is 0.00000364. The minimum absolute atomic E-state index is 0. The van der Waals surface area contributed by atoms with Crippen LogP contribution in [-0.2, 0) is 9.84 Å². The van der Waals surface area contributed by atoms with Crippen molar-refractivity contribution in [2.24, 2.45) is 10.9 Å². The molecule has 0 aromatic carbocycles. The highest BCUT2D eigenvalue weighted by Crippen LogP contribution is 2.26. The Kier molecular flexibility index (Phi) is 10.3. The summed E-state index contributed by atoms with van der Waals surface area (Å²) >= 11 is 0. The van der Waals surface area contributed by atoms with E-state index in [1.807, 2.05) is 6.92 Å². The molecule has 2 aliphatic rings. The van der Waals surface area contributed by atoms with Gasteiger partial charge in [-0.1, -0.05) is 12.8 Å². The first-order valence-electron chi connectivity index (χ1n) is 10.2. The summed E-state index contributed by atoms with van der Waals surface area (Å²) in [6, 6.07) is 0.397. The Hall–Kier alpha value is -0.0900. The second-order valence-electron chi connectivity index (χ2n) is 8.73. The van der Waals surface area contributed by atoms with Gasteiger partial charge in [0, 0.05) is 32.2 Å². The molecule has 0 radical (unpaired) electrons. The van der Waals surface area contributed by atoms with Gasteiger partial charge in [-0.25, -0.2) is 8.42 Å². The lowest BCUT2D eigenvalue weighted by atomic mass is 10.1. The minimum Gasteiger partial charge on any atom is -0.357 e. The van der Waals surface area contributed by atoms with Gasteiger partial charge in [0.25, 0.3) is 0 Å². The predicted molar refractivity (Wildman–Crippen MR) is 125 cm³/mol. The average Bonchev–Trinajstić information content (AvgIpc) is 3.19. The molecule has 0 spiro atoms. The molecule has 1 heterocycles. The summed E-state index contributed by atoms with van der Waals surface area (Å²) in [4.78, 5) is 7.07. The highest BCUT2D eigenvalue weighted by Gasteiger charge is 2.29. The van der Waals surface area contributed by atoms with Gasteiger partial charge in [0.1, 0.15) is 0 Å². The van der Waals surface area contributed by atoms with Gasteiger partial charge in [0.2, 0.25) is 0 Å². The van der Waals surface area contributed by atoms with Crippen molar-refractivity contribution in [3.8, 4) is 0 Å². The summed E-state index contributed by atoms with van der Waals surface area (Å²) in [7, 11) is -3.13. The van der Waals surface area contributed by atoms with Gasteiger partial charge in [0.05, 0.1) is 17.0 Å². The van der Waals surface area contributed by atoms with Crippen LogP contribution in [0, 0.1) is 5.92 Å². The third-order valence-corrected chi connectivity index (χ3v) is 8.10. The lowest BCUT2D eigenvalue weighted by Crippen LogP contribution is -2.45. The molecule has 1 saturated heterocycles. The van der Waals surface area contributed by atoms with E-state index in [1.165, 1.54) is 32.2 Å². The summed E-state index contributed by atoms with van der Waals surface area (Å²) < 4.78 is 23.7. The van der Waals surface area contributed by atoms with E-state index < -0.39 is 14.6 Å². The number of nitrogens with one attached hydrogen (secondary N) is 2. The molecule has 1 atom stereocenters. The summed E-state index contributed by atoms with van der Waals surface area (Å²) in [5, 5.41) is 6.75. The third-order valence-electron chi connectivity index (χ3n) is 5.51. The smallest absolute Gasteiger partial charge is 0.191 e. The van der Waals surface area contributed by atoms with E-state index in [1.54, 1.807) is 20.8 Å². The number of guanidine groups is 1. The van der Waals surface area contributed by atoms with Crippen LogP contribution < -0.4 is 10.6 Å². The number of hydrogen-bond acceptors (Lipinski definition) is 4. The van der Waals surface area contributed by atoms with E-state index in [0.29, 0.717) is 12.6 Å². The molecule has 0 aromatic heterocycles. The van der Waals surface area contributed by atoms with E-state index in [2.05, 4.69) is 20.5 Å². The molecule has 1 unspecified atom stereocenters. The molecule has 27 heavy (non-hydrogen) atoms. The van der Waals surface area contributed by atoms with Crippen molar-refractivity contribution >= 4 is 39.8 Å². The van der Waals surface area contributed by atoms with Crippen LogP contribution >= 0.6 is 24.0 Å². The van der Waals surface area contributed by atoms with Crippen molar-refractivity contribution in [2.75, 3.05) is 38.5 Å². The van der Waals surface area contributed by atoms with Crippen molar-refractivity contribution < 1.29 is 8.42 Å². The van der Waals surface area contributed by atoms with Gasteiger partial charge < -0.3 is 15.5 Å². The molecule has 2 N–H and O–H groups in total. The van der Waals surface area contributed by atoms with E-state index in [9.17, 15) is 8.42 Å². The van der Waals surface area contributed by atoms with Crippen LogP contribution in [0.1, 0.15) is 59.8 Å². The summed E-state index contributed by atoms with van der Waals surface area (Å²) in [5.41, 5.74) is 0. The van der Waals surface area contributed by atoms with Crippen LogP contribution in [0.2, 0.25) is 0 Å². The van der Waals surface area contributed by atoms with Crippen LogP contribution in [0.5, 0.6) is 0 Å². The molecule has 1 aliphatic heterocycles. The first-order chi connectivity index (χ1) is 12.2. The summed E-state index contributed by atoms with van der Waals surface area (Å²) in [5.74, 6) is 1.72. The molecule has 6 nitrogen and oxygen atoms in total. The van der Waals surface area contributed by atoms with Gasteiger partial charge in [0.15, 0.2) is 15.8 Å². The minimum atomic E-state index is -3.13. The highest BCUT2D eigenvalue weighted by atomic mass is 127. The zero-order valence-corrected chi connectivity index (χ0v) is 20.6. The van der Waals surface area contributed by atoms with E-state index in [0.717, 1.165) is 37.9 Å². The van der Waals surface area contributed by atoms with Gasteiger partial charge >= 0.3 is 0 Å². The van der Waals surface area contributed by atoms with Crippen LogP contribution in [0.3, 0.4) is 0 Å². The monoisotopic (exact) mass is 514 g/mol. The van der Waals surface area contributed by atoms with Crippen molar-refractivity contribution in [3.63, 3.8) is 0 Å². The standard InChI is InChI=1S/C19H38N4O2S.HI/c1-5-20-18(21-11-13-26(24,25)19(2,3)4)22-17-10-12-23(15-17)14-16-8-6-7-9-16;/h16-17H,5-15H2,1-4H3,(H2,20,21,22);1H. The molecule has 2 fully saturated rings. The van der Waals surface area contributed by atoms with E-state index >= 15 is 0 Å². The van der Waals surface area contributed by atoms with Crippen molar-refractivity contribution in [1.82, 2.24) is 15.5 Å². The second-order valence-corrected chi connectivity index (χ2v) is 11.6. The van der Waals surface area contributed by atoms with Gasteiger partial charge in [-0.3, -0.25) is 4.99 Å². The largest absolute Gasteiger partial charge is 0.357 e. The molecular formula is C19H39IN4O2S. The van der Waals surface area contributed by atoms with Crippen LogP contribution in [0.15, 0.2) is 4.99 Å². The number of halogens is 1. The van der Waals surface area contributed by atoms with E-state index in [4.69, 9.17) is 0 Å². The first-order valence-corrected chi connectivity index (χ1v) is 11.9. The normalized spacial score (nSPS) is 22.7. The summed E-state index contributed by atoms with van der Waals surface area (Å²) in [6.07, 6.45) is 6.70. The fourth-order valence-corrected chi connectivity index (χ4v) is 4.72. The molecule has 0 aromatic rings. The topological polar surface area (TPSA) is 73.8 Å². The lowest BCUT2D eigenvalue weighted by molar-refractivity contribution is 0.275. The average molecular weight is 515 g/mol. The molecule has 0 bridgehead atoms. The van der Waals surface area contributed by atoms with E-state index in [-0.39, 0.29) is 29.7 Å². The maximum absolute atomic E-state index is 12.2. The fraction of sp³-hybridized carbons (Fsp3) is 0.947. The Bertz CT molecular complexity index is 569. The number of hydrogen-bond donors (Lipinski definition) is 2. The molecule has 2 rings (SSSR count). The van der Waals surface area contributed by atoms with Crippen LogP contribution in [0.4, 0.5) is 0 Å². The molecule has 8 heteroatoms. The van der Waals surface area contributed by atoms with Crippen LogP contribution in [-0.4, -0.2) is 68.5 Å². The SMILES string of the molecule is CCNC(=NCCS(=O)(=O)C(C)(C)C)NC1CCN(CC2CCCC2)C1.I. The van der Waals surface area contributed by atoms with Crippen molar-refractivity contribution in [3.05, 3.63) is 0 Å². The number of sulfone groups is 1.